The Kier molecular flexibility index (Phi) is 7.68. The second-order valence-corrected chi connectivity index (χ2v) is 8.51. The van der Waals surface area contributed by atoms with Crippen molar-refractivity contribution in [3.63, 3.8) is 0 Å². The molecule has 0 saturated heterocycles. The predicted octanol–water partition coefficient (Wildman–Crippen LogP) is 3.60. The quantitative estimate of drug-likeness (QED) is 0.526. The summed E-state index contributed by atoms with van der Waals surface area (Å²) in [7, 11) is 3.13. The Bertz CT molecular complexity index is 1220. The lowest BCUT2D eigenvalue weighted by molar-refractivity contribution is -0.122. The minimum absolute atomic E-state index is 0.261. The van der Waals surface area contributed by atoms with Crippen LogP contribution in [0.5, 0.6) is 11.5 Å². The van der Waals surface area contributed by atoms with Crippen molar-refractivity contribution in [1.82, 2.24) is 20.5 Å². The second kappa shape index (κ2) is 11.1. The smallest absolute Gasteiger partial charge is 0.318 e. The first-order valence-corrected chi connectivity index (χ1v) is 11.7. The molecule has 0 unspecified atom stereocenters. The lowest BCUT2D eigenvalue weighted by Gasteiger charge is -2.38. The maximum Gasteiger partial charge on any atom is 0.318 e. The minimum Gasteiger partial charge on any atom is -0.493 e. The predicted molar refractivity (Wildman–Crippen MR) is 132 cm³/mol. The van der Waals surface area contributed by atoms with E-state index in [2.05, 4.69) is 15.6 Å². The standard InChI is InChI=1S/C27H29FN4O4/c1-17(26(33)30-16-21-6-4-5-12-29-21)31-27(34)32-13-11-19-14-23(35-2)24(36-3)15-22(19)25(32)18-7-9-20(28)10-8-18/h4-10,12,14-15,17,25H,11,13,16H2,1-3H3,(H,30,33)(H,31,34)/t17-,25+/m1/s1. The van der Waals surface area contributed by atoms with Gasteiger partial charge in [0.05, 0.1) is 32.5 Å². The zero-order chi connectivity index (χ0) is 25.7. The number of aromatic nitrogens is 1. The third kappa shape index (κ3) is 5.40. The van der Waals surface area contributed by atoms with Gasteiger partial charge in [-0.2, -0.15) is 0 Å². The summed E-state index contributed by atoms with van der Waals surface area (Å²) >= 11 is 0. The van der Waals surface area contributed by atoms with Gasteiger partial charge in [0.15, 0.2) is 11.5 Å². The number of nitrogens with zero attached hydrogens (tertiary/aromatic N) is 2. The maximum atomic E-state index is 13.7. The lowest BCUT2D eigenvalue weighted by atomic mass is 9.88. The van der Waals surface area contributed by atoms with E-state index in [-0.39, 0.29) is 18.3 Å². The van der Waals surface area contributed by atoms with Gasteiger partial charge in [0.1, 0.15) is 11.9 Å². The number of hydrogen-bond donors (Lipinski definition) is 2. The summed E-state index contributed by atoms with van der Waals surface area (Å²) in [5.74, 6) is 0.450. The Balaban J connectivity index is 1.57. The fraction of sp³-hybridized carbons (Fsp3) is 0.296. The van der Waals surface area contributed by atoms with Crippen molar-refractivity contribution in [2.45, 2.75) is 32.0 Å². The molecule has 36 heavy (non-hydrogen) atoms. The van der Waals surface area contributed by atoms with Gasteiger partial charge in [-0.25, -0.2) is 9.18 Å². The van der Waals surface area contributed by atoms with Gasteiger partial charge in [-0.05, 0) is 66.4 Å². The fourth-order valence-electron chi connectivity index (χ4n) is 4.34. The van der Waals surface area contributed by atoms with Crippen molar-refractivity contribution in [1.29, 1.82) is 0 Å². The molecular formula is C27H29FN4O4. The highest BCUT2D eigenvalue weighted by Gasteiger charge is 2.34. The third-order valence-corrected chi connectivity index (χ3v) is 6.22. The second-order valence-electron chi connectivity index (χ2n) is 8.51. The molecule has 9 heteroatoms. The van der Waals surface area contributed by atoms with Crippen LogP contribution in [0, 0.1) is 5.82 Å². The van der Waals surface area contributed by atoms with E-state index in [1.54, 1.807) is 50.4 Å². The first-order valence-electron chi connectivity index (χ1n) is 11.7. The highest BCUT2D eigenvalue weighted by molar-refractivity contribution is 5.87. The van der Waals surface area contributed by atoms with Crippen LogP contribution in [0.1, 0.15) is 35.3 Å². The van der Waals surface area contributed by atoms with Crippen molar-refractivity contribution in [2.75, 3.05) is 20.8 Å². The van der Waals surface area contributed by atoms with Crippen LogP contribution in [0.3, 0.4) is 0 Å². The summed E-state index contributed by atoms with van der Waals surface area (Å²) in [6.07, 6.45) is 2.24. The van der Waals surface area contributed by atoms with Gasteiger partial charge in [-0.1, -0.05) is 18.2 Å². The van der Waals surface area contributed by atoms with Crippen LogP contribution in [-0.2, 0) is 17.8 Å². The molecule has 2 atom stereocenters. The topological polar surface area (TPSA) is 92.8 Å². The molecule has 188 valence electrons. The van der Waals surface area contributed by atoms with Crippen LogP contribution in [0.25, 0.3) is 0 Å². The summed E-state index contributed by atoms with van der Waals surface area (Å²) < 4.78 is 24.7. The van der Waals surface area contributed by atoms with Crippen LogP contribution < -0.4 is 20.1 Å². The number of urea groups is 1. The van der Waals surface area contributed by atoms with Gasteiger partial charge >= 0.3 is 6.03 Å². The number of nitrogens with one attached hydrogen (secondary N) is 2. The lowest BCUT2D eigenvalue weighted by Crippen LogP contribution is -2.52. The number of ether oxygens (including phenoxy) is 2. The minimum atomic E-state index is -0.776. The van der Waals surface area contributed by atoms with Gasteiger partial charge in [-0.3, -0.25) is 9.78 Å². The molecule has 2 aromatic carbocycles. The molecule has 0 bridgehead atoms. The van der Waals surface area contributed by atoms with Gasteiger partial charge in [0, 0.05) is 12.7 Å². The molecule has 4 rings (SSSR count). The molecule has 3 amide bonds. The molecule has 0 radical (unpaired) electrons. The molecule has 0 fully saturated rings. The molecule has 0 spiro atoms. The number of halogens is 1. The highest BCUT2D eigenvalue weighted by Crippen LogP contribution is 2.41. The Morgan fingerprint density at radius 1 is 1.11 bits per heavy atom. The van der Waals surface area contributed by atoms with Gasteiger partial charge in [0.25, 0.3) is 0 Å². The van der Waals surface area contributed by atoms with E-state index in [4.69, 9.17) is 9.47 Å². The zero-order valence-corrected chi connectivity index (χ0v) is 20.5. The largest absolute Gasteiger partial charge is 0.493 e. The summed E-state index contributed by atoms with van der Waals surface area (Å²) in [6.45, 7) is 2.29. The maximum absolute atomic E-state index is 13.7. The number of pyridine rings is 1. The van der Waals surface area contributed by atoms with E-state index >= 15 is 0 Å². The zero-order valence-electron chi connectivity index (χ0n) is 20.5. The summed E-state index contributed by atoms with van der Waals surface area (Å²) in [5, 5.41) is 5.60. The number of hydrogen-bond acceptors (Lipinski definition) is 5. The summed E-state index contributed by atoms with van der Waals surface area (Å²) in [6, 6.07) is 13.6. The Hall–Kier alpha value is -4.14. The average molecular weight is 493 g/mol. The molecule has 3 aromatic rings. The number of amides is 3. The van der Waals surface area contributed by atoms with Crippen LogP contribution in [0.15, 0.2) is 60.8 Å². The molecule has 1 aliphatic rings. The van der Waals surface area contributed by atoms with E-state index in [9.17, 15) is 14.0 Å². The average Bonchev–Trinajstić information content (AvgIpc) is 2.91. The molecule has 1 aromatic heterocycles. The van der Waals surface area contributed by atoms with E-state index in [1.807, 2.05) is 24.3 Å². The SMILES string of the molecule is COc1cc2c(cc1OC)[C@H](c1ccc(F)cc1)N(C(=O)N[C@H](C)C(=O)NCc1ccccn1)CC2. The molecule has 1 aliphatic heterocycles. The number of rotatable bonds is 7. The van der Waals surface area contributed by atoms with Gasteiger partial charge < -0.3 is 25.0 Å². The van der Waals surface area contributed by atoms with Crippen molar-refractivity contribution in [2.24, 2.45) is 0 Å². The number of fused-ring (bicyclic) bond motifs is 1. The fourth-order valence-corrected chi connectivity index (χ4v) is 4.34. The van der Waals surface area contributed by atoms with E-state index in [1.165, 1.54) is 12.1 Å². The monoisotopic (exact) mass is 492 g/mol. The number of carbonyl (C=O) groups excluding carboxylic acids is 2. The van der Waals surface area contributed by atoms with Crippen molar-refractivity contribution < 1.29 is 23.5 Å². The van der Waals surface area contributed by atoms with E-state index in [0.29, 0.717) is 24.5 Å². The molecule has 8 nitrogen and oxygen atoms in total. The first kappa shape index (κ1) is 25.0. The van der Waals surface area contributed by atoms with Crippen molar-refractivity contribution in [3.05, 3.63) is 89.0 Å². The number of carbonyl (C=O) groups is 2. The van der Waals surface area contributed by atoms with Crippen molar-refractivity contribution >= 4 is 11.9 Å². The molecule has 2 heterocycles. The normalized spacial score (nSPS) is 15.4. The molecular weight excluding hydrogens is 463 g/mol. The van der Waals surface area contributed by atoms with Crippen LogP contribution in [0.4, 0.5) is 9.18 Å². The summed E-state index contributed by atoms with van der Waals surface area (Å²) in [5.41, 5.74) is 3.32. The first-order chi connectivity index (χ1) is 17.4. The van der Waals surface area contributed by atoms with E-state index in [0.717, 1.165) is 22.4 Å². The van der Waals surface area contributed by atoms with Gasteiger partial charge in [-0.15, -0.1) is 0 Å². The van der Waals surface area contributed by atoms with Crippen LogP contribution in [-0.4, -0.2) is 48.6 Å². The van der Waals surface area contributed by atoms with Crippen molar-refractivity contribution in [3.8, 4) is 11.5 Å². The molecule has 0 saturated carbocycles. The highest BCUT2D eigenvalue weighted by atomic mass is 19.1. The van der Waals surface area contributed by atoms with Gasteiger partial charge in [0.2, 0.25) is 5.91 Å². The van der Waals surface area contributed by atoms with Crippen LogP contribution in [0.2, 0.25) is 0 Å². The third-order valence-electron chi connectivity index (χ3n) is 6.22. The Morgan fingerprint density at radius 3 is 2.50 bits per heavy atom. The Morgan fingerprint density at radius 2 is 1.83 bits per heavy atom. The van der Waals surface area contributed by atoms with E-state index < -0.39 is 18.1 Å². The number of benzene rings is 2. The molecule has 0 aliphatic carbocycles. The number of methoxy groups -OCH3 is 2. The van der Waals surface area contributed by atoms with Crippen LogP contribution >= 0.6 is 0 Å². The summed E-state index contributed by atoms with van der Waals surface area (Å²) in [4.78, 5) is 31.9. The molecule has 2 N–H and O–H groups in total. The Labute approximate surface area is 209 Å².